The van der Waals surface area contributed by atoms with Crippen LogP contribution in [0.2, 0.25) is 0 Å². The van der Waals surface area contributed by atoms with Crippen LogP contribution in [0.3, 0.4) is 0 Å². The lowest BCUT2D eigenvalue weighted by atomic mass is 10.3. The largest absolute Gasteiger partial charge is 0.373 e. The molecule has 0 aromatic carbocycles. The Labute approximate surface area is 49.7 Å². The van der Waals surface area contributed by atoms with Crippen molar-refractivity contribution < 1.29 is 4.74 Å². The van der Waals surface area contributed by atoms with E-state index in [4.69, 9.17) is 4.74 Å². The molecule has 0 aromatic heterocycles. The molecule has 0 aromatic rings. The van der Waals surface area contributed by atoms with E-state index in [1.54, 1.807) is 6.08 Å². The zero-order valence-electron chi connectivity index (χ0n) is 4.84. The van der Waals surface area contributed by atoms with Crippen LogP contribution < -0.4 is 0 Å². The third-order valence-electron chi connectivity index (χ3n) is 1.07. The van der Waals surface area contributed by atoms with E-state index >= 15 is 0 Å². The number of allylic oxidation sites excluding steroid dienone is 2. The molecule has 1 saturated heterocycles. The van der Waals surface area contributed by atoms with Gasteiger partial charge in [-0.05, 0) is 6.42 Å². The SMILES string of the molecule is C=CC=CCC1CO1. The molecule has 1 atom stereocenters. The predicted octanol–water partition coefficient (Wildman–Crippen LogP) is 1.52. The molecule has 1 rings (SSSR count). The van der Waals surface area contributed by atoms with Gasteiger partial charge >= 0.3 is 0 Å². The molecule has 44 valence electrons. The van der Waals surface area contributed by atoms with Crippen LogP contribution in [-0.2, 0) is 4.74 Å². The van der Waals surface area contributed by atoms with Crippen molar-refractivity contribution in [2.45, 2.75) is 12.5 Å². The minimum atomic E-state index is 0.520. The summed E-state index contributed by atoms with van der Waals surface area (Å²) in [5.41, 5.74) is 0. The van der Waals surface area contributed by atoms with Crippen molar-refractivity contribution in [2.75, 3.05) is 6.61 Å². The van der Waals surface area contributed by atoms with E-state index in [0.717, 1.165) is 13.0 Å². The fourth-order valence-electron chi connectivity index (χ4n) is 0.531. The Morgan fingerprint density at radius 3 is 3.00 bits per heavy atom. The van der Waals surface area contributed by atoms with Gasteiger partial charge in [-0.2, -0.15) is 0 Å². The summed E-state index contributed by atoms with van der Waals surface area (Å²) >= 11 is 0. The van der Waals surface area contributed by atoms with E-state index in [-0.39, 0.29) is 0 Å². The first-order valence-corrected chi connectivity index (χ1v) is 2.82. The van der Waals surface area contributed by atoms with Gasteiger partial charge in [0, 0.05) is 0 Å². The van der Waals surface area contributed by atoms with E-state index in [1.165, 1.54) is 0 Å². The summed E-state index contributed by atoms with van der Waals surface area (Å²) in [6, 6.07) is 0. The number of ether oxygens (including phenoxy) is 1. The fraction of sp³-hybridized carbons (Fsp3) is 0.429. The van der Waals surface area contributed by atoms with Crippen LogP contribution >= 0.6 is 0 Å². The Balaban J connectivity index is 2.01. The number of rotatable bonds is 3. The Bertz CT molecular complexity index is 101. The average molecular weight is 110 g/mol. The van der Waals surface area contributed by atoms with E-state index in [9.17, 15) is 0 Å². The van der Waals surface area contributed by atoms with Crippen LogP contribution in [0.1, 0.15) is 6.42 Å². The number of hydrogen-bond acceptors (Lipinski definition) is 1. The van der Waals surface area contributed by atoms with Gasteiger partial charge < -0.3 is 4.74 Å². The number of epoxide rings is 1. The standard InChI is InChI=1S/C7H10O/c1-2-3-4-5-7-6-8-7/h2-4,7H,1,5-6H2. The summed E-state index contributed by atoms with van der Waals surface area (Å²) in [7, 11) is 0. The van der Waals surface area contributed by atoms with E-state index < -0.39 is 0 Å². The molecule has 0 N–H and O–H groups in total. The summed E-state index contributed by atoms with van der Waals surface area (Å²) < 4.78 is 4.97. The van der Waals surface area contributed by atoms with Crippen molar-refractivity contribution in [3.05, 3.63) is 24.8 Å². The summed E-state index contributed by atoms with van der Waals surface area (Å²) in [5, 5.41) is 0. The van der Waals surface area contributed by atoms with Gasteiger partial charge in [0.1, 0.15) is 0 Å². The van der Waals surface area contributed by atoms with Crippen LogP contribution in [0, 0.1) is 0 Å². The average Bonchev–Trinajstić information content (AvgIpc) is 2.51. The maximum atomic E-state index is 4.97. The Morgan fingerprint density at radius 2 is 2.50 bits per heavy atom. The summed E-state index contributed by atoms with van der Waals surface area (Å²) in [6.45, 7) is 4.50. The third-order valence-corrected chi connectivity index (χ3v) is 1.07. The molecule has 1 heterocycles. The molecule has 0 bridgehead atoms. The Morgan fingerprint density at radius 1 is 1.75 bits per heavy atom. The first kappa shape index (κ1) is 5.57. The second-order valence-electron chi connectivity index (χ2n) is 1.85. The third kappa shape index (κ3) is 1.94. The molecule has 1 nitrogen and oxygen atoms in total. The second kappa shape index (κ2) is 2.68. The van der Waals surface area contributed by atoms with Crippen molar-refractivity contribution in [2.24, 2.45) is 0 Å². The minimum Gasteiger partial charge on any atom is -0.373 e. The van der Waals surface area contributed by atoms with Gasteiger partial charge in [-0.1, -0.05) is 24.8 Å². The van der Waals surface area contributed by atoms with Gasteiger partial charge in [0.2, 0.25) is 0 Å². The maximum Gasteiger partial charge on any atom is 0.0844 e. The predicted molar refractivity (Wildman–Crippen MR) is 33.7 cm³/mol. The molecule has 1 unspecified atom stereocenters. The molecule has 0 radical (unpaired) electrons. The Kier molecular flexibility index (Phi) is 1.86. The lowest BCUT2D eigenvalue weighted by Crippen LogP contribution is -1.76. The highest BCUT2D eigenvalue weighted by molar-refractivity contribution is 4.99. The topological polar surface area (TPSA) is 12.5 Å². The van der Waals surface area contributed by atoms with Gasteiger partial charge in [-0.15, -0.1) is 0 Å². The highest BCUT2D eigenvalue weighted by Crippen LogP contribution is 2.13. The van der Waals surface area contributed by atoms with E-state index in [0.29, 0.717) is 6.10 Å². The van der Waals surface area contributed by atoms with E-state index in [1.807, 2.05) is 6.08 Å². The molecule has 1 fully saturated rings. The van der Waals surface area contributed by atoms with Crippen LogP contribution in [0.5, 0.6) is 0 Å². The van der Waals surface area contributed by atoms with Gasteiger partial charge in [-0.3, -0.25) is 0 Å². The van der Waals surface area contributed by atoms with Gasteiger partial charge in [0.15, 0.2) is 0 Å². The van der Waals surface area contributed by atoms with Gasteiger partial charge in [0.05, 0.1) is 12.7 Å². The molecule has 8 heavy (non-hydrogen) atoms. The zero-order valence-corrected chi connectivity index (χ0v) is 4.84. The van der Waals surface area contributed by atoms with Crippen LogP contribution in [0.15, 0.2) is 24.8 Å². The van der Waals surface area contributed by atoms with Crippen molar-refractivity contribution in [3.8, 4) is 0 Å². The van der Waals surface area contributed by atoms with E-state index in [2.05, 4.69) is 12.7 Å². The molecule has 0 amide bonds. The molecular weight excluding hydrogens is 100 g/mol. The maximum absolute atomic E-state index is 4.97. The van der Waals surface area contributed by atoms with Crippen molar-refractivity contribution >= 4 is 0 Å². The normalized spacial score (nSPS) is 26.2. The molecule has 1 heteroatoms. The first-order chi connectivity index (χ1) is 3.93. The van der Waals surface area contributed by atoms with Crippen molar-refractivity contribution in [3.63, 3.8) is 0 Å². The van der Waals surface area contributed by atoms with Crippen molar-refractivity contribution in [1.29, 1.82) is 0 Å². The van der Waals surface area contributed by atoms with Crippen LogP contribution in [-0.4, -0.2) is 12.7 Å². The lowest BCUT2D eigenvalue weighted by molar-refractivity contribution is 0.410. The molecular formula is C7H10O. The second-order valence-corrected chi connectivity index (χ2v) is 1.85. The van der Waals surface area contributed by atoms with Crippen molar-refractivity contribution in [1.82, 2.24) is 0 Å². The summed E-state index contributed by atoms with van der Waals surface area (Å²) in [5.74, 6) is 0. The van der Waals surface area contributed by atoms with Gasteiger partial charge in [0.25, 0.3) is 0 Å². The smallest absolute Gasteiger partial charge is 0.0844 e. The Hall–Kier alpha value is -0.560. The summed E-state index contributed by atoms with van der Waals surface area (Å²) in [6.07, 6.45) is 7.37. The molecule has 0 aliphatic carbocycles. The van der Waals surface area contributed by atoms with Crippen LogP contribution in [0.25, 0.3) is 0 Å². The van der Waals surface area contributed by atoms with Gasteiger partial charge in [-0.25, -0.2) is 0 Å². The minimum absolute atomic E-state index is 0.520. The summed E-state index contributed by atoms with van der Waals surface area (Å²) in [4.78, 5) is 0. The molecule has 0 saturated carbocycles. The van der Waals surface area contributed by atoms with Crippen LogP contribution in [0.4, 0.5) is 0 Å². The highest BCUT2D eigenvalue weighted by Gasteiger charge is 2.19. The number of hydrogen-bond donors (Lipinski definition) is 0. The molecule has 1 aliphatic heterocycles. The first-order valence-electron chi connectivity index (χ1n) is 2.82. The monoisotopic (exact) mass is 110 g/mol. The molecule has 0 spiro atoms. The zero-order chi connectivity index (χ0) is 5.82. The lowest BCUT2D eigenvalue weighted by Gasteiger charge is -1.77. The molecule has 1 aliphatic rings. The quantitative estimate of drug-likeness (QED) is 0.396. The highest BCUT2D eigenvalue weighted by atomic mass is 16.6. The fourth-order valence-corrected chi connectivity index (χ4v) is 0.531.